The van der Waals surface area contributed by atoms with Gasteiger partial charge in [-0.3, -0.25) is 9.59 Å². The number of nitrogens with one attached hydrogen (secondary N) is 1. The zero-order valence-corrected chi connectivity index (χ0v) is 23.1. The van der Waals surface area contributed by atoms with Crippen LogP contribution in [0.1, 0.15) is 49.8 Å². The van der Waals surface area contributed by atoms with E-state index in [0.29, 0.717) is 34.7 Å². The smallest absolute Gasteiger partial charge is 0.261 e. The number of hydrogen-bond donors (Lipinski definition) is 1. The van der Waals surface area contributed by atoms with E-state index in [2.05, 4.69) is 19.2 Å². The number of amides is 2. The predicted octanol–water partition coefficient (Wildman–Crippen LogP) is 6.66. The molecule has 196 valence electrons. The molecule has 1 N–H and O–H groups in total. The second kappa shape index (κ2) is 14.1. The van der Waals surface area contributed by atoms with E-state index < -0.39 is 6.04 Å². The van der Waals surface area contributed by atoms with Crippen LogP contribution in [0.3, 0.4) is 0 Å². The minimum absolute atomic E-state index is 0.183. The van der Waals surface area contributed by atoms with Gasteiger partial charge < -0.3 is 15.0 Å². The van der Waals surface area contributed by atoms with Crippen LogP contribution in [0, 0.1) is 0 Å². The fourth-order valence-corrected chi connectivity index (χ4v) is 4.25. The van der Waals surface area contributed by atoms with Gasteiger partial charge in [0.25, 0.3) is 5.91 Å². The first kappa shape index (κ1) is 28.5. The first-order valence-corrected chi connectivity index (χ1v) is 13.3. The summed E-state index contributed by atoms with van der Waals surface area (Å²) in [6.45, 7) is 6.74. The van der Waals surface area contributed by atoms with E-state index in [1.807, 2.05) is 67.6 Å². The standard InChI is InChI=1S/C30H34Cl2N2O3/c1-4-16-33-30(36)28(18-22-8-6-5-7-9-22)34(19-23-10-15-26(31)27(32)17-23)29(35)20-37-25-13-11-24(12-14-25)21(2)3/h5-15,17,21,28H,4,16,18-20H2,1-3H3,(H,33,36)/t28-/m0/s1. The summed E-state index contributed by atoms with van der Waals surface area (Å²) in [5.74, 6) is 0.493. The molecule has 0 aliphatic rings. The normalized spacial score (nSPS) is 11.7. The Morgan fingerprint density at radius 3 is 2.24 bits per heavy atom. The Labute approximate surface area is 229 Å². The number of carbonyl (C=O) groups excluding carboxylic acids is 2. The Morgan fingerprint density at radius 1 is 0.919 bits per heavy atom. The van der Waals surface area contributed by atoms with Gasteiger partial charge in [0.2, 0.25) is 5.91 Å². The van der Waals surface area contributed by atoms with Crippen molar-refractivity contribution in [2.75, 3.05) is 13.2 Å². The number of ether oxygens (including phenoxy) is 1. The molecule has 0 bridgehead atoms. The van der Waals surface area contributed by atoms with E-state index in [-0.39, 0.29) is 25.0 Å². The fraction of sp³-hybridized carbons (Fsp3) is 0.333. The molecule has 0 spiro atoms. The zero-order chi connectivity index (χ0) is 26.8. The van der Waals surface area contributed by atoms with Gasteiger partial charge in [-0.25, -0.2) is 0 Å². The number of carbonyl (C=O) groups is 2. The first-order valence-electron chi connectivity index (χ1n) is 12.6. The summed E-state index contributed by atoms with van der Waals surface area (Å²) < 4.78 is 5.86. The lowest BCUT2D eigenvalue weighted by Crippen LogP contribution is -2.51. The molecule has 0 unspecified atom stereocenters. The average molecular weight is 542 g/mol. The van der Waals surface area contributed by atoms with Crippen molar-refractivity contribution in [3.8, 4) is 5.75 Å². The van der Waals surface area contributed by atoms with Crippen LogP contribution < -0.4 is 10.1 Å². The molecule has 7 heteroatoms. The number of halogens is 2. The molecule has 0 aliphatic carbocycles. The summed E-state index contributed by atoms with van der Waals surface area (Å²) in [5.41, 5.74) is 2.91. The van der Waals surface area contributed by atoms with Gasteiger partial charge in [-0.15, -0.1) is 0 Å². The van der Waals surface area contributed by atoms with Gasteiger partial charge in [0.15, 0.2) is 6.61 Å². The molecule has 0 fully saturated rings. The third-order valence-corrected chi connectivity index (χ3v) is 6.81. The number of hydrogen-bond acceptors (Lipinski definition) is 3. The van der Waals surface area contributed by atoms with E-state index in [4.69, 9.17) is 27.9 Å². The van der Waals surface area contributed by atoms with E-state index in [9.17, 15) is 9.59 Å². The highest BCUT2D eigenvalue weighted by Gasteiger charge is 2.30. The van der Waals surface area contributed by atoms with Gasteiger partial charge in [-0.1, -0.05) is 92.5 Å². The van der Waals surface area contributed by atoms with Gasteiger partial charge in [-0.05, 0) is 53.3 Å². The van der Waals surface area contributed by atoms with Crippen molar-refractivity contribution in [2.45, 2.75) is 52.1 Å². The molecule has 3 aromatic carbocycles. The molecule has 0 saturated carbocycles. The van der Waals surface area contributed by atoms with Crippen molar-refractivity contribution in [3.63, 3.8) is 0 Å². The van der Waals surface area contributed by atoms with Crippen molar-refractivity contribution in [2.24, 2.45) is 0 Å². The van der Waals surface area contributed by atoms with Crippen molar-refractivity contribution in [1.82, 2.24) is 10.2 Å². The molecule has 0 heterocycles. The maximum absolute atomic E-state index is 13.6. The molecule has 0 aliphatic heterocycles. The Kier molecular flexibility index (Phi) is 10.8. The average Bonchev–Trinajstić information content (AvgIpc) is 2.90. The van der Waals surface area contributed by atoms with Crippen LogP contribution in [0.4, 0.5) is 0 Å². The van der Waals surface area contributed by atoms with Crippen LogP contribution in [-0.4, -0.2) is 35.9 Å². The fourth-order valence-electron chi connectivity index (χ4n) is 3.93. The second-order valence-electron chi connectivity index (χ2n) is 9.28. The van der Waals surface area contributed by atoms with Crippen LogP contribution >= 0.6 is 23.2 Å². The van der Waals surface area contributed by atoms with Gasteiger partial charge >= 0.3 is 0 Å². The molecule has 37 heavy (non-hydrogen) atoms. The summed E-state index contributed by atoms with van der Waals surface area (Å²) >= 11 is 12.4. The van der Waals surface area contributed by atoms with Gasteiger partial charge in [0.1, 0.15) is 11.8 Å². The molecular formula is C30H34Cl2N2O3. The van der Waals surface area contributed by atoms with E-state index in [0.717, 1.165) is 17.5 Å². The maximum Gasteiger partial charge on any atom is 0.261 e. The van der Waals surface area contributed by atoms with Crippen molar-refractivity contribution in [1.29, 1.82) is 0 Å². The number of nitrogens with zero attached hydrogens (tertiary/aromatic N) is 1. The minimum Gasteiger partial charge on any atom is -0.484 e. The zero-order valence-electron chi connectivity index (χ0n) is 21.5. The maximum atomic E-state index is 13.6. The Balaban J connectivity index is 1.88. The topological polar surface area (TPSA) is 58.6 Å². The summed E-state index contributed by atoms with van der Waals surface area (Å²) in [5, 5.41) is 3.78. The van der Waals surface area contributed by atoms with Crippen molar-refractivity contribution >= 4 is 35.0 Å². The monoisotopic (exact) mass is 540 g/mol. The number of rotatable bonds is 12. The van der Waals surface area contributed by atoms with Crippen LogP contribution in [0.25, 0.3) is 0 Å². The highest BCUT2D eigenvalue weighted by Crippen LogP contribution is 2.25. The predicted molar refractivity (Wildman–Crippen MR) is 150 cm³/mol. The molecule has 1 atom stereocenters. The van der Waals surface area contributed by atoms with Crippen LogP contribution in [0.5, 0.6) is 5.75 Å². The summed E-state index contributed by atoms with van der Waals surface area (Å²) in [6.07, 6.45) is 1.16. The van der Waals surface area contributed by atoms with Gasteiger partial charge in [0, 0.05) is 19.5 Å². The molecule has 2 amide bonds. The third-order valence-electron chi connectivity index (χ3n) is 6.07. The molecule has 5 nitrogen and oxygen atoms in total. The quantitative estimate of drug-likeness (QED) is 0.279. The largest absolute Gasteiger partial charge is 0.484 e. The molecule has 3 aromatic rings. The second-order valence-corrected chi connectivity index (χ2v) is 10.1. The molecular weight excluding hydrogens is 507 g/mol. The summed E-state index contributed by atoms with van der Waals surface area (Å²) in [6, 6.07) is 21.9. The summed E-state index contributed by atoms with van der Waals surface area (Å²) in [4.78, 5) is 28.5. The lowest BCUT2D eigenvalue weighted by Gasteiger charge is -2.31. The number of benzene rings is 3. The van der Waals surface area contributed by atoms with Crippen molar-refractivity contribution in [3.05, 3.63) is 99.5 Å². The lowest BCUT2D eigenvalue weighted by molar-refractivity contribution is -0.142. The highest BCUT2D eigenvalue weighted by atomic mass is 35.5. The molecule has 0 saturated heterocycles. The van der Waals surface area contributed by atoms with E-state index in [1.165, 1.54) is 5.56 Å². The minimum atomic E-state index is -0.733. The van der Waals surface area contributed by atoms with Crippen molar-refractivity contribution < 1.29 is 14.3 Å². The third kappa shape index (κ3) is 8.51. The van der Waals surface area contributed by atoms with Crippen LogP contribution in [-0.2, 0) is 22.6 Å². The van der Waals surface area contributed by atoms with Crippen LogP contribution in [0.15, 0.2) is 72.8 Å². The molecule has 3 rings (SSSR count). The highest BCUT2D eigenvalue weighted by molar-refractivity contribution is 6.42. The Bertz CT molecular complexity index is 1170. The van der Waals surface area contributed by atoms with E-state index >= 15 is 0 Å². The molecule has 0 radical (unpaired) electrons. The Morgan fingerprint density at radius 2 is 1.62 bits per heavy atom. The summed E-state index contributed by atoms with van der Waals surface area (Å²) in [7, 11) is 0. The first-order chi connectivity index (χ1) is 17.8. The van der Waals surface area contributed by atoms with Gasteiger partial charge in [0.05, 0.1) is 10.0 Å². The molecule has 0 aromatic heterocycles. The van der Waals surface area contributed by atoms with Gasteiger partial charge in [-0.2, -0.15) is 0 Å². The Hall–Kier alpha value is -3.02. The lowest BCUT2D eigenvalue weighted by atomic mass is 10.0. The SMILES string of the molecule is CCCNC(=O)[C@H](Cc1ccccc1)N(Cc1ccc(Cl)c(Cl)c1)C(=O)COc1ccc(C(C)C)cc1. The van der Waals surface area contributed by atoms with Crippen LogP contribution in [0.2, 0.25) is 10.0 Å². The van der Waals surface area contributed by atoms with E-state index in [1.54, 1.807) is 17.0 Å².